The maximum absolute atomic E-state index is 6.92. The zero-order chi connectivity index (χ0) is 19.1. The molecule has 0 bridgehead atoms. The van der Waals surface area contributed by atoms with Crippen LogP contribution in [0.1, 0.15) is 25.7 Å². The average Bonchev–Trinajstić information content (AvgIpc) is 2.52. The molecule has 0 heterocycles. The van der Waals surface area contributed by atoms with Gasteiger partial charge in [0.15, 0.2) is 17.9 Å². The minimum absolute atomic E-state index is 0.0308. The van der Waals surface area contributed by atoms with Crippen LogP contribution in [0, 0.1) is 16.2 Å². The molecule has 0 aliphatic carbocycles. The van der Waals surface area contributed by atoms with E-state index >= 15 is 0 Å². The van der Waals surface area contributed by atoms with Gasteiger partial charge in [-0.3, -0.25) is 16.2 Å². The lowest BCUT2D eigenvalue weighted by molar-refractivity contribution is 0.621. The lowest BCUT2D eigenvalue weighted by atomic mass is 10.2. The van der Waals surface area contributed by atoms with Gasteiger partial charge < -0.3 is 33.2 Å². The van der Waals surface area contributed by atoms with Gasteiger partial charge in [0.25, 0.3) is 0 Å². The fraction of sp³-hybridized carbons (Fsp3) is 0.400. The van der Waals surface area contributed by atoms with Gasteiger partial charge in [0.05, 0.1) is 0 Å². The standard InChI is InChI=1S/C8H20N6.C7H8ClN3/c9-7(10)13-5-3-1-2-4-6-14-8(11)12;8-5-1-3-6(4-2-5)11-7(9)10/h1-6H2,(H4,9,10,13)(H4,11,12,14);1-4H,(H4,9,10,11). The summed E-state index contributed by atoms with van der Waals surface area (Å²) in [7, 11) is 0. The lowest BCUT2D eigenvalue weighted by Gasteiger charge is -2.04. The molecule has 1 rings (SSSR count). The Labute approximate surface area is 153 Å². The summed E-state index contributed by atoms with van der Waals surface area (Å²) in [5.74, 6) is -0.0150. The molecule has 9 nitrogen and oxygen atoms in total. The van der Waals surface area contributed by atoms with Crippen molar-refractivity contribution in [3.8, 4) is 0 Å². The fourth-order valence-electron chi connectivity index (χ4n) is 1.74. The summed E-state index contributed by atoms with van der Waals surface area (Å²) in [6.45, 7) is 1.52. The highest BCUT2D eigenvalue weighted by molar-refractivity contribution is 6.30. The molecule has 10 heteroatoms. The number of halogens is 1. The van der Waals surface area contributed by atoms with E-state index in [-0.39, 0.29) is 17.9 Å². The molecule has 0 radical (unpaired) electrons. The molecule has 0 unspecified atom stereocenters. The van der Waals surface area contributed by atoms with E-state index < -0.39 is 0 Å². The van der Waals surface area contributed by atoms with Crippen molar-refractivity contribution < 1.29 is 0 Å². The number of hydrogen-bond donors (Lipinski definition) is 9. The van der Waals surface area contributed by atoms with Gasteiger partial charge in [-0.15, -0.1) is 0 Å². The Morgan fingerprint density at radius 1 is 0.760 bits per heavy atom. The maximum Gasteiger partial charge on any atom is 0.190 e. The molecule has 1 aromatic carbocycles. The van der Waals surface area contributed by atoms with E-state index in [1.807, 2.05) is 0 Å². The summed E-state index contributed by atoms with van der Waals surface area (Å²) >= 11 is 5.64. The van der Waals surface area contributed by atoms with Gasteiger partial charge in [0, 0.05) is 23.8 Å². The molecule has 0 spiro atoms. The molecule has 0 saturated heterocycles. The first-order valence-electron chi connectivity index (χ1n) is 7.83. The van der Waals surface area contributed by atoms with Gasteiger partial charge in [-0.25, -0.2) is 0 Å². The van der Waals surface area contributed by atoms with Crippen LogP contribution in [-0.2, 0) is 0 Å². The first-order chi connectivity index (χ1) is 11.8. The van der Waals surface area contributed by atoms with Crippen molar-refractivity contribution in [3.63, 3.8) is 0 Å². The summed E-state index contributed by atoms with van der Waals surface area (Å²) in [5, 5.41) is 29.5. The Kier molecular flexibility index (Phi) is 12.3. The second-order valence-corrected chi connectivity index (χ2v) is 5.58. The van der Waals surface area contributed by atoms with Crippen LogP contribution in [0.25, 0.3) is 0 Å². The molecular weight excluding hydrogens is 342 g/mol. The third kappa shape index (κ3) is 16.0. The summed E-state index contributed by atoms with van der Waals surface area (Å²) in [5.41, 5.74) is 16.1. The number of nitrogens with one attached hydrogen (secondary N) is 6. The van der Waals surface area contributed by atoms with Gasteiger partial charge >= 0.3 is 0 Å². The molecule has 0 aromatic heterocycles. The summed E-state index contributed by atoms with van der Waals surface area (Å²) in [6.07, 6.45) is 4.22. The molecule has 0 fully saturated rings. The topological polar surface area (TPSA) is 186 Å². The van der Waals surface area contributed by atoms with Gasteiger partial charge in [-0.1, -0.05) is 24.4 Å². The molecule has 140 valence electrons. The largest absolute Gasteiger partial charge is 0.370 e. The number of unbranched alkanes of at least 4 members (excludes halogenated alkanes) is 3. The van der Waals surface area contributed by atoms with Crippen LogP contribution in [-0.4, -0.2) is 31.0 Å². The second kappa shape index (κ2) is 13.7. The van der Waals surface area contributed by atoms with Crippen molar-refractivity contribution in [3.05, 3.63) is 29.3 Å². The van der Waals surface area contributed by atoms with E-state index in [0.29, 0.717) is 5.02 Å². The summed E-state index contributed by atoms with van der Waals surface area (Å²) < 4.78 is 0. The normalized spacial score (nSPS) is 9.32. The molecule has 0 amide bonds. The molecule has 1 aromatic rings. The van der Waals surface area contributed by atoms with E-state index in [1.165, 1.54) is 0 Å². The number of hydrogen-bond acceptors (Lipinski definition) is 3. The SMILES string of the molecule is N=C(N)NCCCCCCNC(=N)N.N=C(N)Nc1ccc(Cl)cc1. The number of guanidine groups is 3. The van der Waals surface area contributed by atoms with E-state index in [2.05, 4.69) is 16.0 Å². The van der Waals surface area contributed by atoms with Gasteiger partial charge in [0.2, 0.25) is 0 Å². The molecule has 0 atom stereocenters. The average molecular weight is 370 g/mol. The minimum Gasteiger partial charge on any atom is -0.370 e. The van der Waals surface area contributed by atoms with Crippen LogP contribution in [0.3, 0.4) is 0 Å². The van der Waals surface area contributed by atoms with Gasteiger partial charge in [0.1, 0.15) is 0 Å². The first-order valence-corrected chi connectivity index (χ1v) is 8.21. The zero-order valence-corrected chi connectivity index (χ0v) is 14.9. The van der Waals surface area contributed by atoms with E-state index in [0.717, 1.165) is 44.5 Å². The Bertz CT molecular complexity index is 510. The maximum atomic E-state index is 6.92. The lowest BCUT2D eigenvalue weighted by Crippen LogP contribution is -2.31. The monoisotopic (exact) mass is 369 g/mol. The summed E-state index contributed by atoms with van der Waals surface area (Å²) in [6, 6.07) is 6.97. The quantitative estimate of drug-likeness (QED) is 0.188. The third-order valence-electron chi connectivity index (χ3n) is 2.86. The highest BCUT2D eigenvalue weighted by Gasteiger charge is 1.92. The number of anilines is 1. The zero-order valence-electron chi connectivity index (χ0n) is 14.2. The second-order valence-electron chi connectivity index (χ2n) is 5.14. The van der Waals surface area contributed by atoms with Gasteiger partial charge in [-0.05, 0) is 37.1 Å². The predicted octanol–water partition coefficient (Wildman–Crippen LogP) is 1.16. The van der Waals surface area contributed by atoms with Crippen LogP contribution < -0.4 is 33.2 Å². The first kappa shape index (κ1) is 22.3. The van der Waals surface area contributed by atoms with Crippen molar-refractivity contribution >= 4 is 35.2 Å². The Hall–Kier alpha value is -2.68. The van der Waals surface area contributed by atoms with Gasteiger partial charge in [-0.2, -0.15) is 0 Å². The van der Waals surface area contributed by atoms with Crippen molar-refractivity contribution in [2.75, 3.05) is 18.4 Å². The summed E-state index contributed by atoms with van der Waals surface area (Å²) in [4.78, 5) is 0. The molecule has 0 aliphatic rings. The van der Waals surface area contributed by atoms with E-state index in [4.69, 9.17) is 45.0 Å². The van der Waals surface area contributed by atoms with E-state index in [9.17, 15) is 0 Å². The van der Waals surface area contributed by atoms with Crippen LogP contribution in [0.15, 0.2) is 24.3 Å². The number of benzene rings is 1. The third-order valence-corrected chi connectivity index (χ3v) is 3.11. The van der Waals surface area contributed by atoms with Crippen molar-refractivity contribution in [1.29, 1.82) is 16.2 Å². The predicted molar refractivity (Wildman–Crippen MR) is 105 cm³/mol. The van der Waals surface area contributed by atoms with Crippen LogP contribution in [0.5, 0.6) is 0 Å². The number of rotatable bonds is 8. The van der Waals surface area contributed by atoms with Crippen molar-refractivity contribution in [2.45, 2.75) is 25.7 Å². The van der Waals surface area contributed by atoms with Crippen molar-refractivity contribution in [1.82, 2.24) is 10.6 Å². The Morgan fingerprint density at radius 3 is 1.56 bits per heavy atom. The molecular formula is C15H28ClN9. The molecule has 12 N–H and O–H groups in total. The fourth-order valence-corrected chi connectivity index (χ4v) is 1.86. The van der Waals surface area contributed by atoms with Crippen LogP contribution in [0.4, 0.5) is 5.69 Å². The Morgan fingerprint density at radius 2 is 1.20 bits per heavy atom. The highest BCUT2D eigenvalue weighted by atomic mass is 35.5. The minimum atomic E-state index is -0.0766. The molecule has 0 aliphatic heterocycles. The highest BCUT2D eigenvalue weighted by Crippen LogP contribution is 2.12. The number of nitrogens with two attached hydrogens (primary N) is 3. The molecule has 0 saturated carbocycles. The molecule has 25 heavy (non-hydrogen) atoms. The van der Waals surface area contributed by atoms with E-state index in [1.54, 1.807) is 24.3 Å². The Balaban J connectivity index is 0.000000472. The van der Waals surface area contributed by atoms with Crippen LogP contribution >= 0.6 is 11.6 Å². The smallest absolute Gasteiger partial charge is 0.190 e. The van der Waals surface area contributed by atoms with Crippen LogP contribution in [0.2, 0.25) is 5.02 Å². The van der Waals surface area contributed by atoms with Crippen molar-refractivity contribution in [2.24, 2.45) is 17.2 Å².